The maximum Gasteiger partial charge on any atom is 0.222 e. The smallest absolute Gasteiger partial charge is 0.222 e. The van der Waals surface area contributed by atoms with Crippen LogP contribution >= 0.6 is 11.6 Å². The van der Waals surface area contributed by atoms with Crippen molar-refractivity contribution < 1.29 is 27.6 Å². The van der Waals surface area contributed by atoms with Crippen LogP contribution in [-0.4, -0.2) is 41.7 Å². The largest absolute Gasteiger partial charge is 1.00 e. The highest BCUT2D eigenvalue weighted by Crippen LogP contribution is 2.09. The molecule has 20 heavy (non-hydrogen) atoms. The number of hydrogen-bond acceptors (Lipinski definition) is 2. The number of rotatable bonds is 6. The van der Waals surface area contributed by atoms with Gasteiger partial charge >= 0.3 is 0 Å². The first kappa shape index (κ1) is 17.2. The molecule has 0 saturated carbocycles. The summed E-state index contributed by atoms with van der Waals surface area (Å²) in [4.78, 5) is 13.2. The molecule has 0 aromatic heterocycles. The van der Waals surface area contributed by atoms with Crippen LogP contribution in [0.3, 0.4) is 0 Å². The molecule has 1 aliphatic rings. The van der Waals surface area contributed by atoms with Gasteiger partial charge in [-0.15, -0.1) is 0 Å². The molecule has 1 fully saturated rings. The van der Waals surface area contributed by atoms with E-state index in [-0.39, 0.29) is 18.3 Å². The molecule has 3 N–H and O–H groups in total. The minimum atomic E-state index is -0.464. The highest BCUT2D eigenvalue weighted by molar-refractivity contribution is 6.30. The topological polar surface area (TPSA) is 57.2 Å². The zero-order valence-electron chi connectivity index (χ0n) is 11.3. The Labute approximate surface area is 130 Å². The zero-order chi connectivity index (χ0) is 13.7. The van der Waals surface area contributed by atoms with E-state index in [1.54, 1.807) is 4.90 Å². The van der Waals surface area contributed by atoms with Crippen LogP contribution in [0.4, 0.5) is 0 Å². The number of hydrogen-bond donors (Lipinski definition) is 2. The third-order valence-electron chi connectivity index (χ3n) is 3.33. The number of nitrogens with two attached hydrogens (primary N) is 1. The maximum atomic E-state index is 11.4. The van der Waals surface area contributed by atoms with Gasteiger partial charge in [0, 0.05) is 23.6 Å². The van der Waals surface area contributed by atoms with Gasteiger partial charge in [-0.2, -0.15) is 0 Å². The maximum absolute atomic E-state index is 11.4. The van der Waals surface area contributed by atoms with E-state index < -0.39 is 6.10 Å². The first-order valence-corrected chi connectivity index (χ1v) is 7.05. The van der Waals surface area contributed by atoms with Crippen molar-refractivity contribution in [2.45, 2.75) is 25.5 Å². The van der Waals surface area contributed by atoms with E-state index in [2.05, 4.69) is 5.32 Å². The lowest BCUT2D eigenvalue weighted by molar-refractivity contribution is -0.676. The fourth-order valence-electron chi connectivity index (χ4n) is 2.29. The van der Waals surface area contributed by atoms with E-state index in [1.165, 1.54) is 5.56 Å². The number of aliphatic hydroxyl groups is 1. The second kappa shape index (κ2) is 8.47. The highest BCUT2D eigenvalue weighted by Gasteiger charge is 2.22. The number of carbonyl (C=O) groups is 1. The Kier molecular flexibility index (Phi) is 7.30. The Morgan fingerprint density at radius 1 is 1.35 bits per heavy atom. The van der Waals surface area contributed by atoms with E-state index in [9.17, 15) is 9.90 Å². The Balaban J connectivity index is 0.00000200. The van der Waals surface area contributed by atoms with Crippen LogP contribution < -0.4 is 17.7 Å². The van der Waals surface area contributed by atoms with Gasteiger partial charge in [0.05, 0.1) is 6.54 Å². The molecular formula is C14H20Cl2N2O2. The van der Waals surface area contributed by atoms with Gasteiger partial charge in [0.2, 0.25) is 5.91 Å². The van der Waals surface area contributed by atoms with Crippen molar-refractivity contribution in [2.75, 3.05) is 19.6 Å². The third-order valence-corrected chi connectivity index (χ3v) is 3.59. The van der Waals surface area contributed by atoms with Crippen LogP contribution in [0.2, 0.25) is 5.02 Å². The summed E-state index contributed by atoms with van der Waals surface area (Å²) in [5.74, 6) is 0.164. The van der Waals surface area contributed by atoms with E-state index in [0.717, 1.165) is 24.5 Å². The Morgan fingerprint density at radius 2 is 2.05 bits per heavy atom. The minimum Gasteiger partial charge on any atom is -1.00 e. The second-order valence-corrected chi connectivity index (χ2v) is 5.39. The predicted octanol–water partition coefficient (Wildman–Crippen LogP) is -2.61. The Bertz CT molecular complexity index is 426. The van der Waals surface area contributed by atoms with Crippen molar-refractivity contribution >= 4 is 17.5 Å². The number of carbonyl (C=O) groups excluding carboxylic acids is 1. The third kappa shape index (κ3) is 5.29. The van der Waals surface area contributed by atoms with Crippen LogP contribution in [-0.2, 0) is 11.3 Å². The summed E-state index contributed by atoms with van der Waals surface area (Å²) < 4.78 is 0. The van der Waals surface area contributed by atoms with E-state index in [4.69, 9.17) is 11.6 Å². The van der Waals surface area contributed by atoms with Gasteiger partial charge < -0.3 is 27.7 Å². The lowest BCUT2D eigenvalue weighted by Crippen LogP contribution is -3.00. The quantitative estimate of drug-likeness (QED) is 0.604. The molecule has 112 valence electrons. The summed E-state index contributed by atoms with van der Waals surface area (Å²) >= 11 is 5.82. The lowest BCUT2D eigenvalue weighted by atomic mass is 10.2. The van der Waals surface area contributed by atoms with E-state index in [0.29, 0.717) is 19.5 Å². The van der Waals surface area contributed by atoms with E-state index >= 15 is 0 Å². The van der Waals surface area contributed by atoms with Gasteiger partial charge in [-0.05, 0) is 18.6 Å². The predicted molar refractivity (Wildman–Crippen MR) is 73.8 cm³/mol. The molecule has 0 aliphatic carbocycles. The summed E-state index contributed by atoms with van der Waals surface area (Å²) in [5.41, 5.74) is 1.17. The van der Waals surface area contributed by atoms with Gasteiger partial charge in [0.1, 0.15) is 19.2 Å². The standard InChI is InChI=1S/C14H19ClN2O2.ClH/c15-12-5-3-11(4-6-12)8-16-9-13(18)10-17-7-1-2-14(17)19;/h3-6,13,16,18H,1-2,7-10H2;1H. The fraction of sp³-hybridized carbons (Fsp3) is 0.500. The summed E-state index contributed by atoms with van der Waals surface area (Å²) in [5, 5.41) is 12.7. The molecule has 1 atom stereocenters. The van der Waals surface area contributed by atoms with Crippen molar-refractivity contribution in [3.8, 4) is 0 Å². The lowest BCUT2D eigenvalue weighted by Gasteiger charge is -2.18. The van der Waals surface area contributed by atoms with Gasteiger partial charge in [-0.3, -0.25) is 4.79 Å². The van der Waals surface area contributed by atoms with E-state index in [1.807, 2.05) is 24.3 Å². The molecule has 1 aliphatic heterocycles. The van der Waals surface area contributed by atoms with Crippen molar-refractivity contribution in [3.63, 3.8) is 0 Å². The molecule has 1 aromatic rings. The fourth-order valence-corrected chi connectivity index (χ4v) is 2.41. The van der Waals surface area contributed by atoms with Crippen molar-refractivity contribution in [1.82, 2.24) is 4.90 Å². The molecule has 0 spiro atoms. The molecule has 1 amide bonds. The summed E-state index contributed by atoms with van der Waals surface area (Å²) in [6.45, 7) is 2.65. The zero-order valence-corrected chi connectivity index (χ0v) is 12.8. The molecule has 0 bridgehead atoms. The van der Waals surface area contributed by atoms with Crippen molar-refractivity contribution in [3.05, 3.63) is 34.9 Å². The second-order valence-electron chi connectivity index (χ2n) is 4.95. The number of halogens is 2. The molecule has 2 rings (SSSR count). The van der Waals surface area contributed by atoms with Gasteiger partial charge in [0.15, 0.2) is 0 Å². The molecule has 0 radical (unpaired) electrons. The first-order chi connectivity index (χ1) is 9.15. The molecule has 6 heteroatoms. The molecule has 1 unspecified atom stereocenters. The van der Waals surface area contributed by atoms with Gasteiger partial charge in [-0.25, -0.2) is 0 Å². The number of β-amino-alcohol motifs (C(OH)–C–C–N with tert-alkyl or cyclic N) is 1. The molecule has 1 aromatic carbocycles. The minimum absolute atomic E-state index is 0. The van der Waals surface area contributed by atoms with Crippen LogP contribution in [0, 0.1) is 0 Å². The number of aliphatic hydroxyl groups excluding tert-OH is 1. The number of nitrogens with zero attached hydrogens (tertiary/aromatic N) is 1. The normalized spacial score (nSPS) is 16.1. The number of amides is 1. The van der Waals surface area contributed by atoms with Gasteiger partial charge in [0.25, 0.3) is 0 Å². The van der Waals surface area contributed by atoms with Crippen LogP contribution in [0.25, 0.3) is 0 Å². The average Bonchev–Trinajstić information content (AvgIpc) is 2.78. The summed E-state index contributed by atoms with van der Waals surface area (Å²) in [7, 11) is 0. The Hall–Kier alpha value is -0.810. The summed E-state index contributed by atoms with van der Waals surface area (Å²) in [6.07, 6.45) is 1.08. The van der Waals surface area contributed by atoms with Crippen LogP contribution in [0.1, 0.15) is 18.4 Å². The SMILES string of the molecule is O=C1CCCN1CC(O)C[NH2+]Cc1ccc(Cl)cc1.[Cl-]. The first-order valence-electron chi connectivity index (χ1n) is 6.67. The van der Waals surface area contributed by atoms with Crippen molar-refractivity contribution in [1.29, 1.82) is 0 Å². The summed E-state index contributed by atoms with van der Waals surface area (Å²) in [6, 6.07) is 7.69. The molecule has 4 nitrogen and oxygen atoms in total. The number of benzene rings is 1. The molecular weight excluding hydrogens is 299 g/mol. The average molecular weight is 319 g/mol. The number of quaternary nitrogens is 1. The van der Waals surface area contributed by atoms with Crippen LogP contribution in [0.5, 0.6) is 0 Å². The van der Waals surface area contributed by atoms with Crippen molar-refractivity contribution in [2.24, 2.45) is 0 Å². The Morgan fingerprint density at radius 3 is 2.65 bits per heavy atom. The van der Waals surface area contributed by atoms with Crippen LogP contribution in [0.15, 0.2) is 24.3 Å². The molecule has 1 heterocycles. The number of likely N-dealkylation sites (tertiary alicyclic amines) is 1. The molecule has 1 saturated heterocycles. The monoisotopic (exact) mass is 318 g/mol. The highest BCUT2D eigenvalue weighted by atomic mass is 35.5. The van der Waals surface area contributed by atoms with Gasteiger partial charge in [-0.1, -0.05) is 23.7 Å².